The minimum atomic E-state index is -0.413. The molecule has 3 rings (SSSR count). The van der Waals surface area contributed by atoms with Crippen LogP contribution in [0.5, 0.6) is 0 Å². The maximum atomic E-state index is 10.4. The number of fused-ring (bicyclic) bond motifs is 1. The summed E-state index contributed by atoms with van der Waals surface area (Å²) >= 11 is 0. The van der Waals surface area contributed by atoms with E-state index in [4.69, 9.17) is 4.74 Å². The summed E-state index contributed by atoms with van der Waals surface area (Å²) < 4.78 is 6.09. The highest BCUT2D eigenvalue weighted by atomic mass is 16.5. The molecule has 1 aliphatic heterocycles. The number of ether oxygens (including phenoxy) is 1. The van der Waals surface area contributed by atoms with Gasteiger partial charge in [0.15, 0.2) is 0 Å². The molecule has 24 heavy (non-hydrogen) atoms. The van der Waals surface area contributed by atoms with Crippen LogP contribution in [-0.2, 0) is 11.2 Å². The van der Waals surface area contributed by atoms with Gasteiger partial charge in [0.2, 0.25) is 0 Å². The summed E-state index contributed by atoms with van der Waals surface area (Å²) in [6.45, 7) is 3.43. The first-order chi connectivity index (χ1) is 11.6. The van der Waals surface area contributed by atoms with Gasteiger partial charge in [-0.05, 0) is 70.4 Å². The van der Waals surface area contributed by atoms with Crippen LogP contribution in [0.1, 0.15) is 42.9 Å². The van der Waals surface area contributed by atoms with E-state index in [1.54, 1.807) is 0 Å². The van der Waals surface area contributed by atoms with Gasteiger partial charge in [-0.15, -0.1) is 0 Å². The van der Waals surface area contributed by atoms with E-state index in [2.05, 4.69) is 48.2 Å². The summed E-state index contributed by atoms with van der Waals surface area (Å²) in [5.74, 6) is 0. The van der Waals surface area contributed by atoms with Gasteiger partial charge < -0.3 is 19.6 Å². The van der Waals surface area contributed by atoms with Crippen LogP contribution in [0.4, 0.5) is 0 Å². The Kier molecular flexibility index (Phi) is 6.28. The lowest BCUT2D eigenvalue weighted by Gasteiger charge is -2.36. The van der Waals surface area contributed by atoms with Gasteiger partial charge in [-0.1, -0.05) is 24.3 Å². The van der Waals surface area contributed by atoms with Gasteiger partial charge in [-0.2, -0.15) is 0 Å². The number of likely N-dealkylation sites (tertiary alicyclic amines) is 1. The molecule has 1 aromatic rings. The van der Waals surface area contributed by atoms with Gasteiger partial charge >= 0.3 is 0 Å². The van der Waals surface area contributed by atoms with E-state index >= 15 is 0 Å². The monoisotopic (exact) mass is 332 g/mol. The SMILES string of the molecule is CN1CCC(N(C)C[C@@H](O)CO[C@@H]2CCCc3ccccc32)CC1. The average molecular weight is 332 g/mol. The van der Waals surface area contributed by atoms with Crippen molar-refractivity contribution in [1.29, 1.82) is 0 Å². The van der Waals surface area contributed by atoms with E-state index in [0.29, 0.717) is 19.2 Å². The molecule has 1 aliphatic carbocycles. The molecule has 0 amide bonds. The zero-order chi connectivity index (χ0) is 16.9. The fourth-order valence-corrected chi connectivity index (χ4v) is 4.08. The molecular weight excluding hydrogens is 300 g/mol. The summed E-state index contributed by atoms with van der Waals surface area (Å²) in [5, 5.41) is 10.4. The Balaban J connectivity index is 1.45. The predicted octanol–water partition coefficient (Wildman–Crippen LogP) is 2.47. The molecule has 1 aromatic carbocycles. The van der Waals surface area contributed by atoms with Crippen molar-refractivity contribution in [2.75, 3.05) is 40.3 Å². The highest BCUT2D eigenvalue weighted by Gasteiger charge is 2.24. The van der Waals surface area contributed by atoms with Gasteiger partial charge in [-0.25, -0.2) is 0 Å². The Morgan fingerprint density at radius 3 is 2.79 bits per heavy atom. The fourth-order valence-electron chi connectivity index (χ4n) is 4.08. The van der Waals surface area contributed by atoms with Crippen LogP contribution in [0.25, 0.3) is 0 Å². The van der Waals surface area contributed by atoms with Crippen molar-refractivity contribution in [3.63, 3.8) is 0 Å². The van der Waals surface area contributed by atoms with Crippen molar-refractivity contribution >= 4 is 0 Å². The first-order valence-corrected chi connectivity index (χ1v) is 9.39. The molecule has 0 saturated carbocycles. The molecule has 1 N–H and O–H groups in total. The molecule has 2 atom stereocenters. The van der Waals surface area contributed by atoms with E-state index in [1.807, 2.05) is 0 Å². The zero-order valence-electron chi connectivity index (χ0n) is 15.2. The molecule has 0 aromatic heterocycles. The Morgan fingerprint density at radius 1 is 1.25 bits per heavy atom. The quantitative estimate of drug-likeness (QED) is 0.868. The zero-order valence-corrected chi connectivity index (χ0v) is 15.2. The summed E-state index contributed by atoms with van der Waals surface area (Å²) in [4.78, 5) is 4.69. The molecular formula is C20H32N2O2. The van der Waals surface area contributed by atoms with Crippen LogP contribution in [0.3, 0.4) is 0 Å². The number of hydrogen-bond acceptors (Lipinski definition) is 4. The summed E-state index contributed by atoms with van der Waals surface area (Å²) in [6, 6.07) is 9.16. The number of piperidine rings is 1. The van der Waals surface area contributed by atoms with Crippen molar-refractivity contribution in [3.05, 3.63) is 35.4 Å². The molecule has 2 aliphatic rings. The van der Waals surface area contributed by atoms with Gasteiger partial charge in [0, 0.05) is 12.6 Å². The number of aliphatic hydroxyl groups is 1. The molecule has 1 heterocycles. The van der Waals surface area contributed by atoms with Gasteiger partial charge in [0.25, 0.3) is 0 Å². The lowest BCUT2D eigenvalue weighted by atomic mass is 9.89. The smallest absolute Gasteiger partial charge is 0.0900 e. The third kappa shape index (κ3) is 4.57. The molecule has 0 spiro atoms. The second-order valence-corrected chi connectivity index (χ2v) is 7.54. The fraction of sp³-hybridized carbons (Fsp3) is 0.700. The topological polar surface area (TPSA) is 35.9 Å². The molecule has 4 heteroatoms. The van der Waals surface area contributed by atoms with E-state index in [0.717, 1.165) is 25.9 Å². The van der Waals surface area contributed by atoms with Crippen molar-refractivity contribution < 1.29 is 9.84 Å². The Morgan fingerprint density at radius 2 is 2.00 bits per heavy atom. The summed E-state index contributed by atoms with van der Waals surface area (Å²) in [6.07, 6.45) is 5.51. The average Bonchev–Trinajstić information content (AvgIpc) is 2.60. The maximum absolute atomic E-state index is 10.4. The van der Waals surface area contributed by atoms with Gasteiger partial charge in [0.05, 0.1) is 18.8 Å². The lowest BCUT2D eigenvalue weighted by Crippen LogP contribution is -2.45. The standard InChI is InChI=1S/C20H32N2O2/c1-21-12-10-17(11-13-21)22(2)14-18(23)15-24-20-9-5-7-16-6-3-4-8-19(16)20/h3-4,6,8,17-18,20,23H,5,7,9-15H2,1-2H3/t18-,20-/m1/s1. The molecule has 4 nitrogen and oxygen atoms in total. The van der Waals surface area contributed by atoms with E-state index in [9.17, 15) is 5.11 Å². The van der Waals surface area contributed by atoms with Crippen LogP contribution in [0, 0.1) is 0 Å². The van der Waals surface area contributed by atoms with Crippen molar-refractivity contribution in [2.24, 2.45) is 0 Å². The van der Waals surface area contributed by atoms with Crippen LogP contribution < -0.4 is 0 Å². The van der Waals surface area contributed by atoms with E-state index in [-0.39, 0.29) is 6.10 Å². The summed E-state index contributed by atoms with van der Waals surface area (Å²) in [7, 11) is 4.32. The van der Waals surface area contributed by atoms with Crippen molar-refractivity contribution in [2.45, 2.75) is 50.4 Å². The van der Waals surface area contributed by atoms with Crippen LogP contribution in [0.2, 0.25) is 0 Å². The number of nitrogens with zero attached hydrogens (tertiary/aromatic N) is 2. The molecule has 0 unspecified atom stereocenters. The first-order valence-electron chi connectivity index (χ1n) is 9.39. The minimum absolute atomic E-state index is 0.151. The Hall–Kier alpha value is -0.940. The predicted molar refractivity (Wildman–Crippen MR) is 97.2 cm³/mol. The maximum Gasteiger partial charge on any atom is 0.0900 e. The third-order valence-electron chi connectivity index (χ3n) is 5.61. The number of likely N-dealkylation sites (N-methyl/N-ethyl adjacent to an activating group) is 1. The number of rotatable bonds is 6. The minimum Gasteiger partial charge on any atom is -0.389 e. The number of aryl methyl sites for hydroxylation is 1. The van der Waals surface area contributed by atoms with Gasteiger partial charge in [0.1, 0.15) is 0 Å². The Bertz CT molecular complexity index is 514. The number of hydrogen-bond donors (Lipinski definition) is 1. The highest BCUT2D eigenvalue weighted by molar-refractivity contribution is 5.31. The summed E-state index contributed by atoms with van der Waals surface area (Å²) in [5.41, 5.74) is 2.73. The number of aliphatic hydroxyl groups excluding tert-OH is 1. The lowest BCUT2D eigenvalue weighted by molar-refractivity contribution is -0.0316. The third-order valence-corrected chi connectivity index (χ3v) is 5.61. The second-order valence-electron chi connectivity index (χ2n) is 7.54. The second kappa shape index (κ2) is 8.43. The molecule has 1 fully saturated rings. The van der Waals surface area contributed by atoms with Crippen LogP contribution >= 0.6 is 0 Å². The molecule has 1 saturated heterocycles. The largest absolute Gasteiger partial charge is 0.389 e. The van der Waals surface area contributed by atoms with Gasteiger partial charge in [-0.3, -0.25) is 0 Å². The van der Waals surface area contributed by atoms with Crippen molar-refractivity contribution in [1.82, 2.24) is 9.80 Å². The molecule has 0 radical (unpaired) electrons. The normalized spacial score (nSPS) is 24.1. The van der Waals surface area contributed by atoms with Crippen molar-refractivity contribution in [3.8, 4) is 0 Å². The molecule has 134 valence electrons. The van der Waals surface area contributed by atoms with E-state index in [1.165, 1.54) is 30.4 Å². The number of benzene rings is 1. The van der Waals surface area contributed by atoms with E-state index < -0.39 is 6.10 Å². The molecule has 0 bridgehead atoms. The van der Waals surface area contributed by atoms with Crippen LogP contribution in [-0.4, -0.2) is 67.4 Å². The first kappa shape index (κ1) is 17.9. The van der Waals surface area contributed by atoms with Crippen LogP contribution in [0.15, 0.2) is 24.3 Å². The Labute approximate surface area is 146 Å². The highest BCUT2D eigenvalue weighted by Crippen LogP contribution is 2.32.